The Morgan fingerprint density at radius 1 is 0.971 bits per heavy atom. The Balaban J connectivity index is 1.86. The van der Waals surface area contributed by atoms with Gasteiger partial charge in [-0.15, -0.1) is 10.2 Å². The van der Waals surface area contributed by atoms with Crippen LogP contribution in [0.1, 0.15) is 31.4 Å². The standard InChI is InChI=1S/C21H30N8O5S/c1-13(18-22-10-15(31-3)11-23-18)14(2)35-28-21-27-26-16(6-8-34-9-7-30)29(21)17-19(32-4)24-12-25-20(17)33-5/h10-14,30H,6-9H2,1-5H3,(H,27,28). The summed E-state index contributed by atoms with van der Waals surface area (Å²) in [5, 5.41) is 17.7. The van der Waals surface area contributed by atoms with Crippen molar-refractivity contribution in [1.82, 2.24) is 34.7 Å². The number of nitrogens with zero attached hydrogens (tertiary/aromatic N) is 7. The largest absolute Gasteiger partial charge is 0.494 e. The van der Waals surface area contributed by atoms with Crippen LogP contribution in [0, 0.1) is 0 Å². The zero-order valence-electron chi connectivity index (χ0n) is 20.3. The number of nitrogens with one attached hydrogen (secondary N) is 1. The maximum atomic E-state index is 8.98. The Bertz CT molecular complexity index is 1050. The minimum atomic E-state index is -0.0573. The fourth-order valence-corrected chi connectivity index (χ4v) is 3.82. The molecule has 0 aliphatic heterocycles. The van der Waals surface area contributed by atoms with E-state index in [1.54, 1.807) is 24.1 Å². The minimum absolute atomic E-state index is 0.0326. The lowest BCUT2D eigenvalue weighted by molar-refractivity contribution is 0.0934. The smallest absolute Gasteiger partial charge is 0.245 e. The highest BCUT2D eigenvalue weighted by molar-refractivity contribution is 8.01. The summed E-state index contributed by atoms with van der Waals surface area (Å²) < 4.78 is 26.5. The second-order valence-corrected chi connectivity index (χ2v) is 8.48. The predicted octanol–water partition coefficient (Wildman–Crippen LogP) is 1.68. The van der Waals surface area contributed by atoms with Gasteiger partial charge in [0.2, 0.25) is 17.7 Å². The van der Waals surface area contributed by atoms with Crippen molar-refractivity contribution in [3.8, 4) is 23.2 Å². The molecule has 2 N–H and O–H groups in total. The Morgan fingerprint density at radius 2 is 1.66 bits per heavy atom. The maximum absolute atomic E-state index is 8.98. The van der Waals surface area contributed by atoms with Crippen LogP contribution in [0.3, 0.4) is 0 Å². The van der Waals surface area contributed by atoms with Gasteiger partial charge in [0.05, 0.1) is 53.5 Å². The third-order valence-corrected chi connectivity index (χ3v) is 6.21. The van der Waals surface area contributed by atoms with E-state index in [0.29, 0.717) is 53.8 Å². The van der Waals surface area contributed by atoms with Gasteiger partial charge in [0, 0.05) is 17.6 Å². The second-order valence-electron chi connectivity index (χ2n) is 7.30. The highest BCUT2D eigenvalue weighted by Crippen LogP contribution is 2.34. The third-order valence-electron chi connectivity index (χ3n) is 5.13. The summed E-state index contributed by atoms with van der Waals surface area (Å²) in [5.74, 6) is 2.97. The fraction of sp³-hybridized carbons (Fsp3) is 0.524. The summed E-state index contributed by atoms with van der Waals surface area (Å²) >= 11 is 1.45. The number of rotatable bonds is 14. The molecule has 190 valence electrons. The average Bonchev–Trinajstić information content (AvgIpc) is 3.30. The van der Waals surface area contributed by atoms with Crippen LogP contribution in [0.5, 0.6) is 17.5 Å². The van der Waals surface area contributed by atoms with Crippen LogP contribution in [-0.2, 0) is 11.2 Å². The number of hydrogen-bond acceptors (Lipinski definition) is 13. The van der Waals surface area contributed by atoms with Crippen molar-refractivity contribution in [3.63, 3.8) is 0 Å². The van der Waals surface area contributed by atoms with Crippen molar-refractivity contribution in [3.05, 3.63) is 30.4 Å². The lowest BCUT2D eigenvalue weighted by atomic mass is 10.1. The first-order chi connectivity index (χ1) is 17.0. The van der Waals surface area contributed by atoms with Crippen molar-refractivity contribution >= 4 is 17.9 Å². The highest BCUT2D eigenvalue weighted by Gasteiger charge is 2.25. The van der Waals surface area contributed by atoms with E-state index in [1.807, 2.05) is 6.92 Å². The van der Waals surface area contributed by atoms with E-state index in [0.717, 1.165) is 0 Å². The van der Waals surface area contributed by atoms with Gasteiger partial charge in [-0.1, -0.05) is 13.8 Å². The fourth-order valence-electron chi connectivity index (χ4n) is 3.07. The van der Waals surface area contributed by atoms with Crippen LogP contribution in [0.2, 0.25) is 0 Å². The zero-order chi connectivity index (χ0) is 25.2. The van der Waals surface area contributed by atoms with Gasteiger partial charge in [0.15, 0.2) is 11.4 Å². The molecule has 2 unspecified atom stereocenters. The molecule has 0 fully saturated rings. The van der Waals surface area contributed by atoms with E-state index in [2.05, 4.69) is 41.8 Å². The Hall–Kier alpha value is -3.23. The molecule has 0 aliphatic rings. The molecule has 0 radical (unpaired) electrons. The van der Waals surface area contributed by atoms with Gasteiger partial charge in [-0.3, -0.25) is 9.29 Å². The summed E-state index contributed by atoms with van der Waals surface area (Å²) in [6.45, 7) is 4.63. The molecule has 3 aromatic rings. The number of aliphatic hydroxyl groups is 1. The zero-order valence-corrected chi connectivity index (χ0v) is 21.2. The molecule has 35 heavy (non-hydrogen) atoms. The summed E-state index contributed by atoms with van der Waals surface area (Å²) in [4.78, 5) is 17.2. The van der Waals surface area contributed by atoms with E-state index in [-0.39, 0.29) is 24.4 Å². The molecular weight excluding hydrogens is 476 g/mol. The molecule has 0 saturated heterocycles. The van der Waals surface area contributed by atoms with E-state index in [9.17, 15) is 0 Å². The molecule has 0 spiro atoms. The molecule has 3 rings (SSSR count). The summed E-state index contributed by atoms with van der Waals surface area (Å²) in [6, 6.07) is 0. The summed E-state index contributed by atoms with van der Waals surface area (Å²) in [7, 11) is 4.61. The number of aliphatic hydroxyl groups excluding tert-OH is 1. The first-order valence-corrected chi connectivity index (χ1v) is 11.8. The van der Waals surface area contributed by atoms with Crippen molar-refractivity contribution in [1.29, 1.82) is 0 Å². The molecule has 0 amide bonds. The summed E-state index contributed by atoms with van der Waals surface area (Å²) in [5.41, 5.74) is 0.460. The van der Waals surface area contributed by atoms with Crippen molar-refractivity contribution in [2.45, 2.75) is 31.4 Å². The topological polar surface area (TPSA) is 151 Å². The Kier molecular flexibility index (Phi) is 9.81. The Morgan fingerprint density at radius 3 is 2.26 bits per heavy atom. The van der Waals surface area contributed by atoms with Crippen molar-refractivity contribution in [2.75, 3.05) is 45.9 Å². The van der Waals surface area contributed by atoms with Crippen LogP contribution in [0.15, 0.2) is 18.7 Å². The van der Waals surface area contributed by atoms with Crippen LogP contribution in [0.4, 0.5) is 5.95 Å². The van der Waals surface area contributed by atoms with Gasteiger partial charge in [0.25, 0.3) is 0 Å². The predicted molar refractivity (Wildman–Crippen MR) is 129 cm³/mol. The van der Waals surface area contributed by atoms with Gasteiger partial charge in [-0.25, -0.2) is 9.97 Å². The quantitative estimate of drug-likeness (QED) is 0.241. The van der Waals surface area contributed by atoms with Gasteiger partial charge in [0.1, 0.15) is 18.0 Å². The number of hydrogen-bond donors (Lipinski definition) is 2. The number of methoxy groups -OCH3 is 3. The number of aromatic nitrogens is 7. The molecule has 3 heterocycles. The molecule has 14 heteroatoms. The normalized spacial score (nSPS) is 12.7. The number of ether oxygens (including phenoxy) is 4. The first kappa shape index (κ1) is 26.4. The third kappa shape index (κ3) is 6.46. The minimum Gasteiger partial charge on any atom is -0.494 e. The molecule has 0 aliphatic carbocycles. The molecule has 0 saturated carbocycles. The lowest BCUT2D eigenvalue weighted by Crippen LogP contribution is -2.16. The van der Waals surface area contributed by atoms with Crippen molar-refractivity contribution in [2.24, 2.45) is 0 Å². The van der Waals surface area contributed by atoms with Crippen molar-refractivity contribution < 1.29 is 24.1 Å². The van der Waals surface area contributed by atoms with E-state index in [4.69, 9.17) is 24.1 Å². The van der Waals surface area contributed by atoms with Gasteiger partial charge in [-0.05, 0) is 11.9 Å². The van der Waals surface area contributed by atoms with Gasteiger partial charge >= 0.3 is 0 Å². The maximum Gasteiger partial charge on any atom is 0.245 e. The monoisotopic (exact) mass is 506 g/mol. The second kappa shape index (κ2) is 13.0. The van der Waals surface area contributed by atoms with Crippen LogP contribution in [-0.4, -0.2) is 86.2 Å². The summed E-state index contributed by atoms with van der Waals surface area (Å²) in [6.07, 6.45) is 5.08. The van der Waals surface area contributed by atoms with E-state index in [1.165, 1.54) is 32.5 Å². The molecule has 3 aromatic heterocycles. The van der Waals surface area contributed by atoms with Crippen LogP contribution >= 0.6 is 11.9 Å². The molecule has 2 atom stereocenters. The molecule has 0 aromatic carbocycles. The van der Waals surface area contributed by atoms with Gasteiger partial charge < -0.3 is 24.1 Å². The first-order valence-electron chi connectivity index (χ1n) is 10.9. The SMILES string of the molecule is COc1cnc(C(C)C(C)SNc2nnc(CCOCCO)n2-c2c(OC)ncnc2OC)nc1. The van der Waals surface area contributed by atoms with Crippen LogP contribution in [0.25, 0.3) is 5.69 Å². The number of anilines is 1. The Labute approximate surface area is 207 Å². The van der Waals surface area contributed by atoms with Crippen LogP contribution < -0.4 is 18.9 Å². The lowest BCUT2D eigenvalue weighted by Gasteiger charge is -2.20. The molecule has 0 bridgehead atoms. The average molecular weight is 507 g/mol. The van der Waals surface area contributed by atoms with E-state index < -0.39 is 0 Å². The molecule has 13 nitrogen and oxygen atoms in total. The highest BCUT2D eigenvalue weighted by atomic mass is 32.2. The van der Waals surface area contributed by atoms with Gasteiger partial charge in [-0.2, -0.15) is 9.97 Å². The van der Waals surface area contributed by atoms with E-state index >= 15 is 0 Å². The molecular formula is C21H30N8O5S.